The van der Waals surface area contributed by atoms with Gasteiger partial charge in [0.1, 0.15) is 0 Å². The van der Waals surface area contributed by atoms with Crippen molar-refractivity contribution in [3.8, 4) is 0 Å². The lowest BCUT2D eigenvalue weighted by molar-refractivity contribution is -0.118. The highest BCUT2D eigenvalue weighted by Gasteiger charge is 2.16. The number of hydrogen-bond acceptors (Lipinski definition) is 2. The van der Waals surface area contributed by atoms with Gasteiger partial charge >= 0.3 is 0 Å². The third-order valence-electron chi connectivity index (χ3n) is 2.11. The Bertz CT molecular complexity index is 228. The summed E-state index contributed by atoms with van der Waals surface area (Å²) in [5, 5.41) is 3.02. The molecule has 0 aromatic heterocycles. The molecule has 0 spiro atoms. The topological polar surface area (TPSA) is 29.1 Å². The smallest absolute Gasteiger partial charge is 0.150 e. The first kappa shape index (κ1) is 9.20. The van der Waals surface area contributed by atoms with Crippen LogP contribution in [-0.4, -0.2) is 18.9 Å². The van der Waals surface area contributed by atoms with Gasteiger partial charge in [0.2, 0.25) is 0 Å². The number of nitrogens with one attached hydrogen (secondary N) is 1. The lowest BCUT2D eigenvalue weighted by atomic mass is 9.96. The molecule has 1 unspecified atom stereocenters. The van der Waals surface area contributed by atoms with Crippen molar-refractivity contribution in [3.63, 3.8) is 0 Å². The molecule has 1 aliphatic carbocycles. The number of ketones is 1. The zero-order valence-corrected chi connectivity index (χ0v) is 7.63. The van der Waals surface area contributed by atoms with E-state index in [1.807, 2.05) is 19.2 Å². The Balaban J connectivity index is 2.71. The normalized spacial score (nSPS) is 18.7. The molecule has 0 bridgehead atoms. The van der Waals surface area contributed by atoms with Crippen LogP contribution in [0, 0.1) is 0 Å². The van der Waals surface area contributed by atoms with Gasteiger partial charge in [0.25, 0.3) is 0 Å². The van der Waals surface area contributed by atoms with Gasteiger partial charge in [-0.2, -0.15) is 0 Å². The number of carbonyl (C=O) groups is 1. The van der Waals surface area contributed by atoms with Crippen LogP contribution in [0.25, 0.3) is 0 Å². The molecule has 66 valence electrons. The first-order chi connectivity index (χ1) is 5.75. The van der Waals surface area contributed by atoms with E-state index in [1.165, 1.54) is 5.57 Å². The molecular formula is C10H15NO. The largest absolute Gasteiger partial charge is 0.307 e. The van der Waals surface area contributed by atoms with E-state index in [1.54, 1.807) is 6.92 Å². The van der Waals surface area contributed by atoms with Crippen LogP contribution >= 0.6 is 0 Å². The molecule has 0 aromatic carbocycles. The van der Waals surface area contributed by atoms with Gasteiger partial charge in [-0.1, -0.05) is 18.2 Å². The minimum Gasteiger partial charge on any atom is -0.307 e. The second-order valence-electron chi connectivity index (χ2n) is 3.04. The molecule has 0 aliphatic heterocycles. The second kappa shape index (κ2) is 4.21. The molecule has 2 heteroatoms. The number of rotatable bonds is 3. The predicted octanol–water partition coefficient (Wildman–Crippen LogP) is 1.44. The monoisotopic (exact) mass is 165 g/mol. The minimum atomic E-state index is -0.0741. The van der Waals surface area contributed by atoms with Crippen LogP contribution in [-0.2, 0) is 4.79 Å². The van der Waals surface area contributed by atoms with Crippen molar-refractivity contribution in [1.29, 1.82) is 0 Å². The third-order valence-corrected chi connectivity index (χ3v) is 2.11. The summed E-state index contributed by atoms with van der Waals surface area (Å²) in [6.07, 6.45) is 8.23. The summed E-state index contributed by atoms with van der Waals surface area (Å²) < 4.78 is 0. The molecular weight excluding hydrogens is 150 g/mol. The van der Waals surface area contributed by atoms with Crippen molar-refractivity contribution in [2.24, 2.45) is 0 Å². The molecule has 2 nitrogen and oxygen atoms in total. The van der Waals surface area contributed by atoms with E-state index in [-0.39, 0.29) is 11.8 Å². The van der Waals surface area contributed by atoms with Crippen LogP contribution in [0.1, 0.15) is 19.8 Å². The molecule has 0 amide bonds. The lowest BCUT2D eigenvalue weighted by Gasteiger charge is -2.17. The van der Waals surface area contributed by atoms with E-state index < -0.39 is 0 Å². The van der Waals surface area contributed by atoms with E-state index in [4.69, 9.17) is 0 Å². The van der Waals surface area contributed by atoms with Gasteiger partial charge < -0.3 is 5.32 Å². The Morgan fingerprint density at radius 3 is 2.83 bits per heavy atom. The molecule has 0 heterocycles. The van der Waals surface area contributed by atoms with Gasteiger partial charge in [-0.05, 0) is 32.4 Å². The highest BCUT2D eigenvalue weighted by Crippen LogP contribution is 2.15. The van der Waals surface area contributed by atoms with E-state index in [2.05, 4.69) is 11.4 Å². The highest BCUT2D eigenvalue weighted by molar-refractivity contribution is 5.84. The van der Waals surface area contributed by atoms with Crippen LogP contribution in [0.15, 0.2) is 23.8 Å². The molecule has 1 aliphatic rings. The summed E-state index contributed by atoms with van der Waals surface area (Å²) in [5.41, 5.74) is 1.20. The standard InChI is InChI=1S/C10H15NO/c1-8(12)10(11-2)9-6-4-3-5-7-9/h3-4,6,10-11H,5,7H2,1-2H3. The van der Waals surface area contributed by atoms with E-state index >= 15 is 0 Å². The van der Waals surface area contributed by atoms with Gasteiger partial charge in [-0.15, -0.1) is 0 Å². The van der Waals surface area contributed by atoms with Crippen LogP contribution in [0.4, 0.5) is 0 Å². The first-order valence-electron chi connectivity index (χ1n) is 4.29. The number of carbonyl (C=O) groups excluding carboxylic acids is 1. The summed E-state index contributed by atoms with van der Waals surface area (Å²) in [7, 11) is 1.82. The summed E-state index contributed by atoms with van der Waals surface area (Å²) in [6, 6.07) is -0.0741. The Morgan fingerprint density at radius 1 is 1.67 bits per heavy atom. The predicted molar refractivity (Wildman–Crippen MR) is 50.0 cm³/mol. The number of likely N-dealkylation sites (N-methyl/N-ethyl adjacent to an activating group) is 1. The maximum absolute atomic E-state index is 11.1. The minimum absolute atomic E-state index is 0.0741. The lowest BCUT2D eigenvalue weighted by Crippen LogP contribution is -2.34. The number of Topliss-reactive ketones (excluding diaryl/α,β-unsaturated/α-hetero) is 1. The van der Waals surface area contributed by atoms with Crippen LogP contribution in [0.5, 0.6) is 0 Å². The van der Waals surface area contributed by atoms with Crippen molar-refractivity contribution in [3.05, 3.63) is 23.8 Å². The second-order valence-corrected chi connectivity index (χ2v) is 3.04. The Hall–Kier alpha value is -0.890. The van der Waals surface area contributed by atoms with Crippen LogP contribution in [0.3, 0.4) is 0 Å². The molecule has 1 rings (SSSR count). The summed E-state index contributed by atoms with van der Waals surface area (Å²) >= 11 is 0. The van der Waals surface area contributed by atoms with Gasteiger partial charge in [0, 0.05) is 0 Å². The molecule has 0 saturated heterocycles. The molecule has 0 radical (unpaired) electrons. The average Bonchev–Trinajstić information content (AvgIpc) is 2.07. The molecule has 12 heavy (non-hydrogen) atoms. The fraction of sp³-hybridized carbons (Fsp3) is 0.500. The van der Waals surface area contributed by atoms with Crippen LogP contribution < -0.4 is 5.32 Å². The average molecular weight is 165 g/mol. The number of hydrogen-bond donors (Lipinski definition) is 1. The van der Waals surface area contributed by atoms with E-state index in [0.717, 1.165) is 12.8 Å². The van der Waals surface area contributed by atoms with Crippen molar-refractivity contribution in [2.75, 3.05) is 7.05 Å². The summed E-state index contributed by atoms with van der Waals surface area (Å²) in [6.45, 7) is 1.63. The highest BCUT2D eigenvalue weighted by atomic mass is 16.1. The molecule has 1 N–H and O–H groups in total. The molecule has 0 aromatic rings. The molecule has 1 atom stereocenters. The maximum Gasteiger partial charge on any atom is 0.150 e. The third kappa shape index (κ3) is 2.05. The van der Waals surface area contributed by atoms with Gasteiger partial charge in [-0.25, -0.2) is 0 Å². The van der Waals surface area contributed by atoms with Gasteiger partial charge in [0.15, 0.2) is 5.78 Å². The Morgan fingerprint density at radius 2 is 2.42 bits per heavy atom. The van der Waals surface area contributed by atoms with Gasteiger partial charge in [-0.3, -0.25) is 4.79 Å². The molecule has 0 saturated carbocycles. The van der Waals surface area contributed by atoms with Crippen molar-refractivity contribution in [1.82, 2.24) is 5.32 Å². The summed E-state index contributed by atoms with van der Waals surface area (Å²) in [4.78, 5) is 11.1. The SMILES string of the molecule is CNC(C(C)=O)C1=CC=CCC1. The number of allylic oxidation sites excluding steroid dienone is 3. The van der Waals surface area contributed by atoms with E-state index in [9.17, 15) is 4.79 Å². The fourth-order valence-corrected chi connectivity index (χ4v) is 1.51. The van der Waals surface area contributed by atoms with Crippen LogP contribution in [0.2, 0.25) is 0 Å². The fourth-order valence-electron chi connectivity index (χ4n) is 1.51. The van der Waals surface area contributed by atoms with Gasteiger partial charge in [0.05, 0.1) is 6.04 Å². The van der Waals surface area contributed by atoms with Crippen molar-refractivity contribution < 1.29 is 4.79 Å². The summed E-state index contributed by atoms with van der Waals surface area (Å²) in [5.74, 6) is 0.194. The Labute approximate surface area is 73.4 Å². The van der Waals surface area contributed by atoms with E-state index in [0.29, 0.717) is 0 Å². The zero-order valence-electron chi connectivity index (χ0n) is 7.63. The first-order valence-corrected chi connectivity index (χ1v) is 4.29. The van der Waals surface area contributed by atoms with Crippen molar-refractivity contribution >= 4 is 5.78 Å². The quantitative estimate of drug-likeness (QED) is 0.685. The zero-order chi connectivity index (χ0) is 8.97. The molecule has 0 fully saturated rings. The van der Waals surface area contributed by atoms with Crippen molar-refractivity contribution in [2.45, 2.75) is 25.8 Å². The maximum atomic E-state index is 11.1. The Kier molecular flexibility index (Phi) is 3.23.